The molecule has 5 heterocycles. The van der Waals surface area contributed by atoms with Gasteiger partial charge in [0.2, 0.25) is 0 Å². The molecule has 0 radical (unpaired) electrons. The average molecular weight is 439 g/mol. The van der Waals surface area contributed by atoms with E-state index >= 15 is 0 Å². The van der Waals surface area contributed by atoms with Crippen LogP contribution < -0.4 is 10.2 Å². The van der Waals surface area contributed by atoms with E-state index in [1.165, 1.54) is 23.2 Å². The molecule has 33 heavy (non-hydrogen) atoms. The van der Waals surface area contributed by atoms with Crippen molar-refractivity contribution < 1.29 is 0 Å². The van der Waals surface area contributed by atoms with E-state index in [0.717, 1.165) is 61.7 Å². The maximum atomic E-state index is 5.06. The van der Waals surface area contributed by atoms with Crippen LogP contribution in [0.2, 0.25) is 0 Å². The van der Waals surface area contributed by atoms with Gasteiger partial charge >= 0.3 is 0 Å². The van der Waals surface area contributed by atoms with Crippen LogP contribution in [0.15, 0.2) is 60.8 Å². The molecule has 4 aromatic rings. The van der Waals surface area contributed by atoms with Crippen LogP contribution in [0.3, 0.4) is 0 Å². The van der Waals surface area contributed by atoms with Crippen LogP contribution in [-0.4, -0.2) is 39.2 Å². The van der Waals surface area contributed by atoms with Crippen molar-refractivity contribution in [2.45, 2.75) is 44.6 Å². The van der Waals surface area contributed by atoms with Gasteiger partial charge in [-0.15, -0.1) is 5.10 Å². The fourth-order valence-corrected chi connectivity index (χ4v) is 5.40. The van der Waals surface area contributed by atoms with Crippen molar-refractivity contribution >= 4 is 11.5 Å². The second-order valence-corrected chi connectivity index (χ2v) is 9.34. The molecule has 2 saturated heterocycles. The number of rotatable bonds is 4. The number of hydrogen-bond acceptors (Lipinski definition) is 5. The van der Waals surface area contributed by atoms with E-state index in [9.17, 15) is 0 Å². The van der Waals surface area contributed by atoms with Crippen molar-refractivity contribution in [1.82, 2.24) is 24.9 Å². The van der Waals surface area contributed by atoms with E-state index in [4.69, 9.17) is 10.1 Å². The second kappa shape index (κ2) is 8.60. The Kier molecular flexibility index (Phi) is 5.30. The molecular formula is C27H30N6. The Hall–Kier alpha value is -3.25. The third-order valence-corrected chi connectivity index (χ3v) is 7.11. The molecule has 2 aliphatic heterocycles. The molecule has 6 heteroatoms. The zero-order valence-electron chi connectivity index (χ0n) is 19.1. The summed E-state index contributed by atoms with van der Waals surface area (Å²) in [4.78, 5) is 12.1. The quantitative estimate of drug-likeness (QED) is 0.491. The fraction of sp³-hybridized carbons (Fsp3) is 0.370. The molecule has 0 spiro atoms. The molecule has 1 unspecified atom stereocenters. The molecule has 2 aliphatic rings. The highest BCUT2D eigenvalue weighted by molar-refractivity contribution is 5.61. The smallest absolute Gasteiger partial charge is 0.154 e. The van der Waals surface area contributed by atoms with Gasteiger partial charge in [-0.05, 0) is 75.5 Å². The maximum Gasteiger partial charge on any atom is 0.154 e. The molecule has 6 nitrogen and oxygen atoms in total. The summed E-state index contributed by atoms with van der Waals surface area (Å²) in [6.07, 6.45) is 6.51. The first-order valence-corrected chi connectivity index (χ1v) is 12.1. The average Bonchev–Trinajstić information content (AvgIpc) is 3.52. The van der Waals surface area contributed by atoms with Gasteiger partial charge < -0.3 is 10.2 Å². The number of piperidine rings is 1. The van der Waals surface area contributed by atoms with Gasteiger partial charge in [-0.25, -0.2) is 9.50 Å². The first-order chi connectivity index (χ1) is 16.3. The predicted octanol–water partition coefficient (Wildman–Crippen LogP) is 4.91. The van der Waals surface area contributed by atoms with Gasteiger partial charge in [0.1, 0.15) is 11.5 Å². The van der Waals surface area contributed by atoms with E-state index in [-0.39, 0.29) is 0 Å². The molecule has 6 rings (SSSR count). The largest absolute Gasteiger partial charge is 0.348 e. The number of aromatic nitrogens is 4. The minimum atomic E-state index is 0.364. The van der Waals surface area contributed by atoms with E-state index < -0.39 is 0 Å². The zero-order valence-corrected chi connectivity index (χ0v) is 19.1. The molecule has 2 fully saturated rings. The lowest BCUT2D eigenvalue weighted by Crippen LogP contribution is -2.27. The van der Waals surface area contributed by atoms with E-state index in [0.29, 0.717) is 12.0 Å². The van der Waals surface area contributed by atoms with Crippen LogP contribution in [-0.2, 0) is 0 Å². The molecule has 3 aromatic heterocycles. The molecule has 0 aliphatic carbocycles. The van der Waals surface area contributed by atoms with Crippen LogP contribution in [0.5, 0.6) is 0 Å². The van der Waals surface area contributed by atoms with Gasteiger partial charge in [-0.1, -0.05) is 35.9 Å². The van der Waals surface area contributed by atoms with Crippen LogP contribution >= 0.6 is 0 Å². The lowest BCUT2D eigenvalue weighted by atomic mass is 9.94. The predicted molar refractivity (Wildman–Crippen MR) is 132 cm³/mol. The summed E-state index contributed by atoms with van der Waals surface area (Å²) in [6, 6.07) is 19.8. The molecule has 0 bridgehead atoms. The van der Waals surface area contributed by atoms with Crippen molar-refractivity contribution in [2.24, 2.45) is 0 Å². The molecule has 1 aromatic carbocycles. The topological polar surface area (TPSA) is 58.4 Å². The Balaban J connectivity index is 1.36. The summed E-state index contributed by atoms with van der Waals surface area (Å²) >= 11 is 0. The lowest BCUT2D eigenvalue weighted by molar-refractivity contribution is 0.453. The minimum Gasteiger partial charge on any atom is -0.348 e. The van der Waals surface area contributed by atoms with Crippen LogP contribution in [0.4, 0.5) is 5.82 Å². The van der Waals surface area contributed by atoms with Crippen molar-refractivity contribution in [2.75, 3.05) is 24.5 Å². The van der Waals surface area contributed by atoms with Gasteiger partial charge in [0.05, 0.1) is 17.9 Å². The Morgan fingerprint density at radius 1 is 0.970 bits per heavy atom. The van der Waals surface area contributed by atoms with Crippen LogP contribution in [0.25, 0.3) is 17.0 Å². The first kappa shape index (κ1) is 20.4. The Morgan fingerprint density at radius 3 is 2.73 bits per heavy atom. The number of benzene rings is 1. The summed E-state index contributed by atoms with van der Waals surface area (Å²) in [5.74, 6) is 1.52. The van der Waals surface area contributed by atoms with E-state index in [1.807, 2.05) is 10.7 Å². The third kappa shape index (κ3) is 3.89. The van der Waals surface area contributed by atoms with Crippen molar-refractivity contribution in [3.63, 3.8) is 0 Å². The number of aryl methyl sites for hydroxylation is 1. The van der Waals surface area contributed by atoms with Crippen molar-refractivity contribution in [3.8, 4) is 11.4 Å². The van der Waals surface area contributed by atoms with Gasteiger partial charge in [0, 0.05) is 18.2 Å². The normalized spacial score (nSPS) is 19.4. The Labute approximate surface area is 194 Å². The molecule has 0 saturated carbocycles. The highest BCUT2D eigenvalue weighted by atomic mass is 15.3. The number of anilines is 1. The standard InChI is InChI=1S/C27H30N6/c1-19-5-2-6-21(17-19)24-9-4-16-32(24)27-11-10-26-29-18-25(33(26)31-27)23-8-3-7-22(30-23)20-12-14-28-15-13-20/h2-3,5-8,10-11,17-18,20,24,28H,4,9,12-16H2,1H3. The van der Waals surface area contributed by atoms with Crippen molar-refractivity contribution in [1.29, 1.82) is 0 Å². The highest BCUT2D eigenvalue weighted by Gasteiger charge is 2.28. The Morgan fingerprint density at radius 2 is 1.85 bits per heavy atom. The third-order valence-electron chi connectivity index (χ3n) is 7.11. The SMILES string of the molecule is Cc1cccc(C2CCCN2c2ccc3ncc(-c4cccc(C5CCNCC5)n4)n3n2)c1. The number of nitrogens with one attached hydrogen (secondary N) is 1. The van der Waals surface area contributed by atoms with Gasteiger partial charge in [0.25, 0.3) is 0 Å². The number of hydrogen-bond donors (Lipinski definition) is 1. The summed E-state index contributed by atoms with van der Waals surface area (Å²) in [7, 11) is 0. The van der Waals surface area contributed by atoms with Crippen molar-refractivity contribution in [3.05, 3.63) is 77.6 Å². The zero-order chi connectivity index (χ0) is 22.2. The second-order valence-electron chi connectivity index (χ2n) is 9.34. The molecule has 1 atom stereocenters. The molecule has 168 valence electrons. The summed E-state index contributed by atoms with van der Waals surface area (Å²) in [5, 5.41) is 8.51. The van der Waals surface area contributed by atoms with Gasteiger partial charge in [0.15, 0.2) is 5.65 Å². The molecular weight excluding hydrogens is 408 g/mol. The van der Waals surface area contributed by atoms with E-state index in [1.54, 1.807) is 0 Å². The van der Waals surface area contributed by atoms with Crippen LogP contribution in [0, 0.1) is 6.92 Å². The fourth-order valence-electron chi connectivity index (χ4n) is 5.40. The number of nitrogens with zero attached hydrogens (tertiary/aromatic N) is 5. The lowest BCUT2D eigenvalue weighted by Gasteiger charge is -2.26. The monoisotopic (exact) mass is 438 g/mol. The van der Waals surface area contributed by atoms with E-state index in [2.05, 4.69) is 76.7 Å². The summed E-state index contributed by atoms with van der Waals surface area (Å²) in [5.41, 5.74) is 6.61. The molecule has 0 amide bonds. The number of pyridine rings is 1. The summed E-state index contributed by atoms with van der Waals surface area (Å²) < 4.78 is 1.97. The number of fused-ring (bicyclic) bond motifs is 1. The summed E-state index contributed by atoms with van der Waals surface area (Å²) in [6.45, 7) is 5.31. The highest BCUT2D eigenvalue weighted by Crippen LogP contribution is 2.36. The van der Waals surface area contributed by atoms with Gasteiger partial charge in [-0.2, -0.15) is 0 Å². The Bertz CT molecular complexity index is 1270. The number of imidazole rings is 1. The van der Waals surface area contributed by atoms with Crippen LogP contribution in [0.1, 0.15) is 54.5 Å². The maximum absolute atomic E-state index is 5.06. The first-order valence-electron chi connectivity index (χ1n) is 12.1. The molecule has 1 N–H and O–H groups in total. The van der Waals surface area contributed by atoms with Gasteiger partial charge in [-0.3, -0.25) is 4.98 Å². The minimum absolute atomic E-state index is 0.364.